The smallest absolute Gasteiger partial charge is 0.330 e. The number of fused-ring (bicyclic) bond motifs is 1. The highest BCUT2D eigenvalue weighted by Gasteiger charge is 2.50. The molecule has 1 N–H and O–H groups in total. The van der Waals surface area contributed by atoms with Gasteiger partial charge in [0.15, 0.2) is 0 Å². The summed E-state index contributed by atoms with van der Waals surface area (Å²) in [6, 6.07) is 0. The predicted octanol–water partition coefficient (Wildman–Crippen LogP) is 7.47. The molecular formula is C30H46O3. The molecule has 3 aliphatic rings. The summed E-state index contributed by atoms with van der Waals surface area (Å²) in [7, 11) is 0. The lowest BCUT2D eigenvalue weighted by Crippen LogP contribution is -2.36. The zero-order valence-corrected chi connectivity index (χ0v) is 21.5. The first kappa shape index (κ1) is 26.0. The molecule has 3 nitrogen and oxygen atoms in total. The van der Waals surface area contributed by atoms with Gasteiger partial charge in [0.1, 0.15) is 6.10 Å². The van der Waals surface area contributed by atoms with E-state index in [9.17, 15) is 9.90 Å². The Morgan fingerprint density at radius 3 is 2.73 bits per heavy atom. The molecule has 5 atom stereocenters. The number of esters is 1. The Morgan fingerprint density at radius 1 is 1.27 bits per heavy atom. The largest absolute Gasteiger partial charge is 0.459 e. The summed E-state index contributed by atoms with van der Waals surface area (Å²) in [5, 5.41) is 10.1. The first-order valence-electron chi connectivity index (χ1n) is 13.2. The molecule has 0 aromatic carbocycles. The van der Waals surface area contributed by atoms with Crippen molar-refractivity contribution in [3.8, 4) is 0 Å². The lowest BCUT2D eigenvalue weighted by molar-refractivity contribution is -0.143. The van der Waals surface area contributed by atoms with E-state index in [1.54, 1.807) is 5.57 Å². The minimum Gasteiger partial charge on any atom is -0.459 e. The summed E-state index contributed by atoms with van der Waals surface area (Å²) >= 11 is 0. The second-order valence-electron chi connectivity index (χ2n) is 11.8. The van der Waals surface area contributed by atoms with Crippen molar-refractivity contribution in [2.45, 2.75) is 110 Å². The first-order valence-corrected chi connectivity index (χ1v) is 13.2. The van der Waals surface area contributed by atoms with E-state index in [1.807, 2.05) is 13.8 Å². The van der Waals surface area contributed by atoms with Crippen LogP contribution in [0.4, 0.5) is 0 Å². The Kier molecular flexibility index (Phi) is 8.48. The number of allylic oxidation sites excluding steroid dienone is 4. The summed E-state index contributed by atoms with van der Waals surface area (Å²) in [5.74, 6) is 1.82. The van der Waals surface area contributed by atoms with E-state index in [1.165, 1.54) is 55.7 Å². The Hall–Kier alpha value is -1.61. The molecule has 184 valence electrons. The van der Waals surface area contributed by atoms with Gasteiger partial charge in [-0.3, -0.25) is 0 Å². The molecule has 3 heteroatoms. The quantitative estimate of drug-likeness (QED) is 0.306. The van der Waals surface area contributed by atoms with Crippen LogP contribution in [0, 0.1) is 23.2 Å². The highest BCUT2D eigenvalue weighted by molar-refractivity contribution is 5.81. The Bertz CT molecular complexity index is 796. The number of hydrogen-bond acceptors (Lipinski definition) is 3. The van der Waals surface area contributed by atoms with Crippen LogP contribution in [0.5, 0.6) is 0 Å². The van der Waals surface area contributed by atoms with Gasteiger partial charge in [-0.2, -0.15) is 0 Å². The molecule has 3 aliphatic carbocycles. The van der Waals surface area contributed by atoms with Gasteiger partial charge in [-0.05, 0) is 94.0 Å². The first-order chi connectivity index (χ1) is 15.5. The lowest BCUT2D eigenvalue weighted by Gasteiger charge is -2.44. The summed E-state index contributed by atoms with van der Waals surface area (Å²) in [5.41, 5.74) is 3.86. The maximum absolute atomic E-state index is 11.6. The molecule has 3 rings (SSSR count). The van der Waals surface area contributed by atoms with Gasteiger partial charge in [-0.25, -0.2) is 4.79 Å². The van der Waals surface area contributed by atoms with Crippen molar-refractivity contribution in [2.24, 2.45) is 23.2 Å². The number of carbonyl (C=O) groups excluding carboxylic acids is 1. The van der Waals surface area contributed by atoms with Gasteiger partial charge in [0, 0.05) is 12.5 Å². The summed E-state index contributed by atoms with van der Waals surface area (Å²) in [4.78, 5) is 11.6. The molecule has 1 unspecified atom stereocenters. The Labute approximate surface area is 202 Å². The number of aliphatic hydroxyl groups is 1. The van der Waals surface area contributed by atoms with E-state index in [0.717, 1.165) is 38.0 Å². The van der Waals surface area contributed by atoms with E-state index in [4.69, 9.17) is 4.74 Å². The van der Waals surface area contributed by atoms with Crippen LogP contribution in [0.1, 0.15) is 98.3 Å². The van der Waals surface area contributed by atoms with Crippen molar-refractivity contribution in [1.29, 1.82) is 0 Å². The van der Waals surface area contributed by atoms with Gasteiger partial charge in [0.25, 0.3) is 0 Å². The van der Waals surface area contributed by atoms with Gasteiger partial charge in [-0.15, -0.1) is 0 Å². The molecule has 0 spiro atoms. The minimum atomic E-state index is -0.553. The van der Waals surface area contributed by atoms with Gasteiger partial charge in [-0.1, -0.05) is 63.1 Å². The fourth-order valence-electron chi connectivity index (χ4n) is 6.97. The Balaban J connectivity index is 1.68. The van der Waals surface area contributed by atoms with Crippen LogP contribution in [-0.4, -0.2) is 22.8 Å². The van der Waals surface area contributed by atoms with Gasteiger partial charge < -0.3 is 9.84 Å². The van der Waals surface area contributed by atoms with Crippen molar-refractivity contribution in [3.05, 3.63) is 48.1 Å². The molecule has 0 amide bonds. The van der Waals surface area contributed by atoms with Crippen molar-refractivity contribution in [3.63, 3.8) is 0 Å². The van der Waals surface area contributed by atoms with Gasteiger partial charge >= 0.3 is 5.97 Å². The summed E-state index contributed by atoms with van der Waals surface area (Å²) in [6.45, 7) is 16.6. The second-order valence-corrected chi connectivity index (χ2v) is 11.8. The lowest BCUT2D eigenvalue weighted by atomic mass is 9.60. The average molecular weight is 455 g/mol. The molecule has 0 bridgehead atoms. The fourth-order valence-corrected chi connectivity index (χ4v) is 6.97. The fraction of sp³-hybridized carbons (Fsp3) is 0.700. The van der Waals surface area contributed by atoms with Crippen molar-refractivity contribution >= 4 is 5.97 Å². The van der Waals surface area contributed by atoms with Crippen molar-refractivity contribution in [1.82, 2.24) is 0 Å². The number of ether oxygens (including phenoxy) is 1. The zero-order valence-electron chi connectivity index (χ0n) is 21.5. The van der Waals surface area contributed by atoms with Gasteiger partial charge in [0.2, 0.25) is 0 Å². The predicted molar refractivity (Wildman–Crippen MR) is 137 cm³/mol. The van der Waals surface area contributed by atoms with Crippen LogP contribution in [0.15, 0.2) is 48.1 Å². The van der Waals surface area contributed by atoms with Crippen LogP contribution in [0.25, 0.3) is 0 Å². The zero-order chi connectivity index (χ0) is 24.2. The SMILES string of the molecule is C=CC(=O)O[C@H]1CCC(=C)/C(=C\C=C2CCC[C@@]3(C)C2CC[C@@H]3[C@H](C)CCCC(C)(C)O)C1. The molecular weight excluding hydrogens is 408 g/mol. The maximum Gasteiger partial charge on any atom is 0.330 e. The second kappa shape index (κ2) is 10.8. The van der Waals surface area contributed by atoms with E-state index >= 15 is 0 Å². The van der Waals surface area contributed by atoms with E-state index in [2.05, 4.69) is 39.2 Å². The standard InChI is InChI=1S/C30H46O3/c1-7-28(31)33-25-15-12-21(2)24(20-25)14-13-23-11-9-19-30(6)26(16-17-27(23)30)22(3)10-8-18-29(4,5)32/h7,13-14,22,25-27,32H,1-2,8-12,15-20H2,3-6H3/b23-13?,24-14-/t22-,25+,26-,27?,30-/m1/s1. The van der Waals surface area contributed by atoms with Crippen LogP contribution in [0.3, 0.4) is 0 Å². The van der Waals surface area contributed by atoms with Crippen molar-refractivity contribution < 1.29 is 14.6 Å². The summed E-state index contributed by atoms with van der Waals surface area (Å²) in [6.07, 6.45) is 18.0. The molecule has 0 radical (unpaired) electrons. The molecule has 0 saturated heterocycles. The average Bonchev–Trinajstić information content (AvgIpc) is 3.10. The maximum atomic E-state index is 11.6. The third kappa shape index (κ3) is 6.50. The highest BCUT2D eigenvalue weighted by Crippen LogP contribution is 2.60. The van der Waals surface area contributed by atoms with E-state index in [-0.39, 0.29) is 12.1 Å². The molecule has 33 heavy (non-hydrogen) atoms. The monoisotopic (exact) mass is 454 g/mol. The third-order valence-corrected chi connectivity index (χ3v) is 8.79. The minimum absolute atomic E-state index is 0.0668. The summed E-state index contributed by atoms with van der Waals surface area (Å²) < 4.78 is 5.51. The molecule has 0 aliphatic heterocycles. The molecule has 0 heterocycles. The highest BCUT2D eigenvalue weighted by atomic mass is 16.5. The topological polar surface area (TPSA) is 46.5 Å². The van der Waals surface area contributed by atoms with Gasteiger partial charge in [0.05, 0.1) is 5.60 Å². The normalized spacial score (nSPS) is 33.7. The van der Waals surface area contributed by atoms with E-state index < -0.39 is 5.60 Å². The number of carbonyl (C=O) groups is 1. The molecule has 3 saturated carbocycles. The van der Waals surface area contributed by atoms with Crippen molar-refractivity contribution in [2.75, 3.05) is 0 Å². The van der Waals surface area contributed by atoms with Crippen LogP contribution >= 0.6 is 0 Å². The molecule has 0 aromatic rings. The van der Waals surface area contributed by atoms with Crippen LogP contribution < -0.4 is 0 Å². The van der Waals surface area contributed by atoms with Crippen LogP contribution in [-0.2, 0) is 9.53 Å². The molecule has 3 fully saturated rings. The van der Waals surface area contributed by atoms with E-state index in [0.29, 0.717) is 17.3 Å². The van der Waals surface area contributed by atoms with Crippen LogP contribution in [0.2, 0.25) is 0 Å². The number of hydrogen-bond donors (Lipinski definition) is 1. The molecule has 0 aromatic heterocycles. The third-order valence-electron chi connectivity index (χ3n) is 8.79. The Morgan fingerprint density at radius 2 is 2.03 bits per heavy atom. The number of rotatable bonds is 8.